The number of halogens is 1. The lowest BCUT2D eigenvalue weighted by molar-refractivity contribution is -0.139. The molecule has 3 nitrogen and oxygen atoms in total. The van der Waals surface area contributed by atoms with Gasteiger partial charge in [0.1, 0.15) is 6.04 Å². The number of nitrogens with one attached hydrogen (secondary N) is 1. The number of likely N-dealkylation sites (N-methyl/N-ethyl adjacent to an activating group) is 1. The quantitative estimate of drug-likeness (QED) is 0.805. The van der Waals surface area contributed by atoms with Crippen LogP contribution < -0.4 is 5.32 Å². The fourth-order valence-electron chi connectivity index (χ4n) is 1.24. The van der Waals surface area contributed by atoms with Crippen LogP contribution in [0.1, 0.15) is 18.5 Å². The highest BCUT2D eigenvalue weighted by atomic mass is 35.5. The minimum absolute atomic E-state index is 0.548. The van der Waals surface area contributed by atoms with E-state index in [0.717, 1.165) is 0 Å². The number of carboxylic acids is 1. The molecule has 0 bridgehead atoms. The Balaban J connectivity index is 2.93. The second-order valence-electron chi connectivity index (χ2n) is 2.88. The standard InChI is InChI=1S/C10H12ClNO2/c1-2-12-9(10(13)14)7-4-3-5-8(11)6-7/h3-6,9,12H,2H2,1H3,(H,13,14). The Morgan fingerprint density at radius 1 is 1.64 bits per heavy atom. The van der Waals surface area contributed by atoms with Crippen LogP contribution in [-0.2, 0) is 4.79 Å². The summed E-state index contributed by atoms with van der Waals surface area (Å²) < 4.78 is 0. The summed E-state index contributed by atoms with van der Waals surface area (Å²) in [5.41, 5.74) is 0.673. The summed E-state index contributed by atoms with van der Waals surface area (Å²) in [6.45, 7) is 2.46. The van der Waals surface area contributed by atoms with Gasteiger partial charge in [-0.2, -0.15) is 0 Å². The van der Waals surface area contributed by atoms with Crippen molar-refractivity contribution in [2.24, 2.45) is 0 Å². The van der Waals surface area contributed by atoms with Crippen LogP contribution in [0.2, 0.25) is 5.02 Å². The van der Waals surface area contributed by atoms with Gasteiger partial charge in [0.15, 0.2) is 0 Å². The lowest BCUT2D eigenvalue weighted by Gasteiger charge is -2.13. The first kappa shape index (κ1) is 11.0. The molecule has 1 atom stereocenters. The van der Waals surface area contributed by atoms with Crippen LogP contribution in [0.5, 0.6) is 0 Å². The van der Waals surface area contributed by atoms with Gasteiger partial charge in [0.25, 0.3) is 0 Å². The second-order valence-corrected chi connectivity index (χ2v) is 3.32. The molecule has 0 aliphatic rings. The smallest absolute Gasteiger partial charge is 0.325 e. The Bertz CT molecular complexity index is 328. The van der Waals surface area contributed by atoms with Crippen LogP contribution >= 0.6 is 11.6 Å². The third-order valence-corrected chi connectivity index (χ3v) is 2.07. The zero-order valence-electron chi connectivity index (χ0n) is 7.83. The van der Waals surface area contributed by atoms with Crippen molar-refractivity contribution < 1.29 is 9.90 Å². The van der Waals surface area contributed by atoms with Gasteiger partial charge in [0, 0.05) is 5.02 Å². The van der Waals surface area contributed by atoms with E-state index in [1.165, 1.54) is 0 Å². The van der Waals surface area contributed by atoms with Gasteiger partial charge in [-0.1, -0.05) is 30.7 Å². The molecule has 0 fully saturated rings. The van der Waals surface area contributed by atoms with Crippen LogP contribution in [0.4, 0.5) is 0 Å². The average Bonchev–Trinajstić information content (AvgIpc) is 2.13. The van der Waals surface area contributed by atoms with Gasteiger partial charge < -0.3 is 10.4 Å². The molecule has 4 heteroatoms. The lowest BCUT2D eigenvalue weighted by Crippen LogP contribution is -2.28. The van der Waals surface area contributed by atoms with Gasteiger partial charge in [-0.3, -0.25) is 4.79 Å². The zero-order valence-corrected chi connectivity index (χ0v) is 8.58. The van der Waals surface area contributed by atoms with Crippen LogP contribution in [0, 0.1) is 0 Å². The fourth-order valence-corrected chi connectivity index (χ4v) is 1.44. The van der Waals surface area contributed by atoms with Crippen molar-refractivity contribution in [3.63, 3.8) is 0 Å². The highest BCUT2D eigenvalue weighted by Crippen LogP contribution is 2.17. The third-order valence-electron chi connectivity index (χ3n) is 1.84. The molecule has 2 N–H and O–H groups in total. The van der Waals surface area contributed by atoms with Crippen LogP contribution in [0.15, 0.2) is 24.3 Å². The van der Waals surface area contributed by atoms with Crippen molar-refractivity contribution in [3.05, 3.63) is 34.9 Å². The lowest BCUT2D eigenvalue weighted by atomic mass is 10.1. The molecule has 14 heavy (non-hydrogen) atoms. The molecular formula is C10H12ClNO2. The molecule has 0 aliphatic carbocycles. The number of carbonyl (C=O) groups is 1. The van der Waals surface area contributed by atoms with E-state index in [4.69, 9.17) is 16.7 Å². The number of benzene rings is 1. The first-order chi connectivity index (χ1) is 6.65. The van der Waals surface area contributed by atoms with Crippen LogP contribution in [0.3, 0.4) is 0 Å². The summed E-state index contributed by atoms with van der Waals surface area (Å²) in [7, 11) is 0. The molecule has 0 radical (unpaired) electrons. The molecule has 0 aromatic heterocycles. The maximum absolute atomic E-state index is 10.9. The van der Waals surface area contributed by atoms with Gasteiger partial charge in [-0.25, -0.2) is 0 Å². The number of aliphatic carboxylic acids is 1. The van der Waals surface area contributed by atoms with Crippen molar-refractivity contribution in [1.82, 2.24) is 5.32 Å². The summed E-state index contributed by atoms with van der Waals surface area (Å²) in [5, 5.41) is 12.4. The SMILES string of the molecule is CCNC(C(=O)O)c1cccc(Cl)c1. The Labute approximate surface area is 87.7 Å². The van der Waals surface area contributed by atoms with Crippen molar-refractivity contribution in [2.75, 3.05) is 6.54 Å². The highest BCUT2D eigenvalue weighted by Gasteiger charge is 2.17. The molecule has 0 heterocycles. The van der Waals surface area contributed by atoms with Gasteiger partial charge in [0.05, 0.1) is 0 Å². The van der Waals surface area contributed by atoms with Crippen molar-refractivity contribution in [3.8, 4) is 0 Å². The Hall–Kier alpha value is -1.06. The van der Waals surface area contributed by atoms with Gasteiger partial charge in [-0.15, -0.1) is 0 Å². The van der Waals surface area contributed by atoms with E-state index >= 15 is 0 Å². The van der Waals surface area contributed by atoms with E-state index in [0.29, 0.717) is 17.1 Å². The first-order valence-corrected chi connectivity index (χ1v) is 4.74. The zero-order chi connectivity index (χ0) is 10.6. The minimum Gasteiger partial charge on any atom is -0.480 e. The van der Waals surface area contributed by atoms with E-state index in [-0.39, 0.29) is 0 Å². The molecule has 1 unspecified atom stereocenters. The summed E-state index contributed by atoms with van der Waals surface area (Å²) in [4.78, 5) is 10.9. The largest absolute Gasteiger partial charge is 0.480 e. The third kappa shape index (κ3) is 2.72. The van der Waals surface area contributed by atoms with E-state index in [9.17, 15) is 4.79 Å². The normalized spacial score (nSPS) is 12.4. The van der Waals surface area contributed by atoms with Crippen molar-refractivity contribution in [2.45, 2.75) is 13.0 Å². The average molecular weight is 214 g/mol. The van der Waals surface area contributed by atoms with Crippen molar-refractivity contribution >= 4 is 17.6 Å². The molecular weight excluding hydrogens is 202 g/mol. The minimum atomic E-state index is -0.894. The van der Waals surface area contributed by atoms with E-state index in [1.54, 1.807) is 24.3 Å². The van der Waals surface area contributed by atoms with Crippen molar-refractivity contribution in [1.29, 1.82) is 0 Å². The molecule has 0 spiro atoms. The predicted octanol–water partition coefficient (Wildman–Crippen LogP) is 2.08. The molecule has 0 saturated carbocycles. The molecule has 1 aromatic rings. The van der Waals surface area contributed by atoms with Gasteiger partial charge >= 0.3 is 5.97 Å². The van der Waals surface area contributed by atoms with Gasteiger partial charge in [0.2, 0.25) is 0 Å². The topological polar surface area (TPSA) is 49.3 Å². The fraction of sp³-hybridized carbons (Fsp3) is 0.300. The monoisotopic (exact) mass is 213 g/mol. The molecule has 1 rings (SSSR count). The maximum atomic E-state index is 10.9. The molecule has 76 valence electrons. The van der Waals surface area contributed by atoms with Crippen LogP contribution in [-0.4, -0.2) is 17.6 Å². The summed E-state index contributed by atoms with van der Waals surface area (Å²) in [6, 6.07) is 6.18. The first-order valence-electron chi connectivity index (χ1n) is 4.36. The molecule has 1 aromatic carbocycles. The summed E-state index contributed by atoms with van der Waals surface area (Å²) in [6.07, 6.45) is 0. The number of carboxylic acid groups (broad SMARTS) is 1. The number of hydrogen-bond donors (Lipinski definition) is 2. The number of rotatable bonds is 4. The Kier molecular flexibility index (Phi) is 3.92. The Morgan fingerprint density at radius 3 is 2.86 bits per heavy atom. The van der Waals surface area contributed by atoms with Crippen LogP contribution in [0.25, 0.3) is 0 Å². The number of hydrogen-bond acceptors (Lipinski definition) is 2. The highest BCUT2D eigenvalue weighted by molar-refractivity contribution is 6.30. The summed E-state index contributed by atoms with van der Waals surface area (Å²) >= 11 is 5.77. The van der Waals surface area contributed by atoms with Gasteiger partial charge in [-0.05, 0) is 24.2 Å². The molecule has 0 amide bonds. The predicted molar refractivity (Wildman–Crippen MR) is 55.5 cm³/mol. The molecule has 0 saturated heterocycles. The van der Waals surface area contributed by atoms with E-state index < -0.39 is 12.0 Å². The maximum Gasteiger partial charge on any atom is 0.325 e. The summed E-state index contributed by atoms with van der Waals surface area (Å²) in [5.74, 6) is -0.894. The molecule has 0 aliphatic heterocycles. The Morgan fingerprint density at radius 2 is 2.36 bits per heavy atom. The van der Waals surface area contributed by atoms with E-state index in [2.05, 4.69) is 5.32 Å². The van der Waals surface area contributed by atoms with E-state index in [1.807, 2.05) is 6.92 Å². The second kappa shape index (κ2) is 4.98.